The van der Waals surface area contributed by atoms with E-state index in [1.807, 2.05) is 0 Å². The number of rotatable bonds is 9. The number of carbonyl (C=O) groups excluding carboxylic acids is 2. The van der Waals surface area contributed by atoms with E-state index in [-0.39, 0.29) is 36.6 Å². The molecule has 4 rings (SSSR count). The molecule has 1 aromatic carbocycles. The zero-order valence-corrected chi connectivity index (χ0v) is 19.9. The maximum absolute atomic E-state index is 14.0. The van der Waals surface area contributed by atoms with E-state index in [0.717, 1.165) is 63.0 Å². The van der Waals surface area contributed by atoms with Gasteiger partial charge in [0.05, 0.1) is 19.1 Å². The Bertz CT molecular complexity index is 1010. The Balaban J connectivity index is 1.41. The molecule has 2 aliphatic heterocycles. The Morgan fingerprint density at radius 2 is 2.18 bits per heavy atom. The fourth-order valence-corrected chi connectivity index (χ4v) is 5.09. The standard InChI is InChI=1S/C27H34FN3O3/c1-2-34-25(32)18-24(21-8-3-11-22(28)17-21)31-16-6-10-20(27(31)33)7-4-12-23-14-13-19-9-5-15-29-26(19)30-23/h3,8,11,13-14,17,20,24H,2,4-7,9-10,12,15-16,18H2,1H3,(H,29,30). The van der Waals surface area contributed by atoms with E-state index in [2.05, 4.69) is 17.4 Å². The van der Waals surface area contributed by atoms with Gasteiger partial charge in [0.25, 0.3) is 0 Å². The van der Waals surface area contributed by atoms with Crippen LogP contribution in [0.3, 0.4) is 0 Å². The number of aryl methyl sites for hydroxylation is 2. The van der Waals surface area contributed by atoms with Crippen molar-refractivity contribution in [1.82, 2.24) is 9.88 Å². The highest BCUT2D eigenvalue weighted by molar-refractivity contribution is 5.81. The summed E-state index contributed by atoms with van der Waals surface area (Å²) in [6.07, 6.45) is 6.42. The molecule has 1 amide bonds. The van der Waals surface area contributed by atoms with Crippen LogP contribution in [-0.2, 0) is 27.2 Å². The van der Waals surface area contributed by atoms with E-state index in [1.54, 1.807) is 24.0 Å². The molecule has 0 saturated carbocycles. The molecule has 7 heteroatoms. The average Bonchev–Trinajstić information content (AvgIpc) is 2.84. The number of halogens is 1. The van der Waals surface area contributed by atoms with Gasteiger partial charge in [0.2, 0.25) is 5.91 Å². The Morgan fingerprint density at radius 1 is 1.29 bits per heavy atom. The molecule has 1 aromatic heterocycles. The SMILES string of the molecule is CCOC(=O)CC(c1cccc(F)c1)N1CCCC(CCCc2ccc3c(n2)NCCC3)C1=O. The zero-order valence-electron chi connectivity index (χ0n) is 19.9. The maximum Gasteiger partial charge on any atom is 0.308 e. The smallest absolute Gasteiger partial charge is 0.308 e. The summed E-state index contributed by atoms with van der Waals surface area (Å²) < 4.78 is 19.1. The summed E-state index contributed by atoms with van der Waals surface area (Å²) in [5, 5.41) is 3.38. The van der Waals surface area contributed by atoms with Gasteiger partial charge in [0.15, 0.2) is 0 Å². The first-order valence-corrected chi connectivity index (χ1v) is 12.5. The van der Waals surface area contributed by atoms with Crippen molar-refractivity contribution in [3.8, 4) is 0 Å². The number of carbonyl (C=O) groups is 2. The molecule has 6 nitrogen and oxygen atoms in total. The number of likely N-dealkylation sites (tertiary alicyclic amines) is 1. The lowest BCUT2D eigenvalue weighted by Gasteiger charge is -2.38. The summed E-state index contributed by atoms with van der Waals surface area (Å²) in [5.41, 5.74) is 2.96. The molecule has 1 saturated heterocycles. The van der Waals surface area contributed by atoms with Crippen LogP contribution in [0.2, 0.25) is 0 Å². The number of benzene rings is 1. The van der Waals surface area contributed by atoms with Crippen LogP contribution in [0.15, 0.2) is 36.4 Å². The van der Waals surface area contributed by atoms with Gasteiger partial charge in [0.1, 0.15) is 11.6 Å². The first-order chi connectivity index (χ1) is 16.5. The van der Waals surface area contributed by atoms with E-state index >= 15 is 0 Å². The van der Waals surface area contributed by atoms with Crippen LogP contribution < -0.4 is 5.32 Å². The third-order valence-corrected chi connectivity index (χ3v) is 6.80. The first-order valence-electron chi connectivity index (χ1n) is 12.5. The molecular weight excluding hydrogens is 433 g/mol. The van der Waals surface area contributed by atoms with Crippen molar-refractivity contribution in [2.24, 2.45) is 5.92 Å². The Morgan fingerprint density at radius 3 is 3.00 bits per heavy atom. The van der Waals surface area contributed by atoms with Crippen LogP contribution in [0.25, 0.3) is 0 Å². The van der Waals surface area contributed by atoms with Crippen LogP contribution in [0.4, 0.5) is 10.2 Å². The topological polar surface area (TPSA) is 71.5 Å². The minimum absolute atomic E-state index is 0.0296. The highest BCUT2D eigenvalue weighted by Gasteiger charge is 2.35. The first kappa shape index (κ1) is 24.2. The lowest BCUT2D eigenvalue weighted by molar-refractivity contribution is -0.148. The van der Waals surface area contributed by atoms with Crippen molar-refractivity contribution in [1.29, 1.82) is 0 Å². The van der Waals surface area contributed by atoms with E-state index in [0.29, 0.717) is 12.1 Å². The molecule has 0 radical (unpaired) electrons. The monoisotopic (exact) mass is 467 g/mol. The molecule has 2 atom stereocenters. The van der Waals surface area contributed by atoms with E-state index < -0.39 is 6.04 Å². The lowest BCUT2D eigenvalue weighted by atomic mass is 9.89. The number of amides is 1. The second-order valence-corrected chi connectivity index (χ2v) is 9.18. The lowest BCUT2D eigenvalue weighted by Crippen LogP contribution is -2.44. The highest BCUT2D eigenvalue weighted by Crippen LogP contribution is 2.33. The molecule has 182 valence electrons. The number of hydrogen-bond donors (Lipinski definition) is 1. The second-order valence-electron chi connectivity index (χ2n) is 9.18. The minimum atomic E-state index is -0.515. The van der Waals surface area contributed by atoms with Gasteiger partial charge in [-0.3, -0.25) is 9.59 Å². The molecule has 3 heterocycles. The van der Waals surface area contributed by atoms with Gasteiger partial charge in [-0.25, -0.2) is 9.37 Å². The van der Waals surface area contributed by atoms with Gasteiger partial charge >= 0.3 is 5.97 Å². The van der Waals surface area contributed by atoms with Crippen LogP contribution in [-0.4, -0.2) is 41.5 Å². The molecular formula is C27H34FN3O3. The zero-order chi connectivity index (χ0) is 23.9. The van der Waals surface area contributed by atoms with Gasteiger partial charge in [-0.15, -0.1) is 0 Å². The van der Waals surface area contributed by atoms with Crippen molar-refractivity contribution in [2.45, 2.75) is 64.3 Å². The number of pyridine rings is 1. The minimum Gasteiger partial charge on any atom is -0.466 e. The second kappa shape index (κ2) is 11.4. The van der Waals surface area contributed by atoms with Crippen LogP contribution in [0.5, 0.6) is 0 Å². The van der Waals surface area contributed by atoms with E-state index in [9.17, 15) is 14.0 Å². The summed E-state index contributed by atoms with van der Waals surface area (Å²) in [7, 11) is 0. The van der Waals surface area contributed by atoms with Crippen LogP contribution in [0, 0.1) is 11.7 Å². The molecule has 0 aliphatic carbocycles. The number of nitrogens with zero attached hydrogens (tertiary/aromatic N) is 2. The van der Waals surface area contributed by atoms with Crippen molar-refractivity contribution in [3.05, 3.63) is 59.0 Å². The highest BCUT2D eigenvalue weighted by atomic mass is 19.1. The Labute approximate surface area is 200 Å². The summed E-state index contributed by atoms with van der Waals surface area (Å²) >= 11 is 0. The number of ether oxygens (including phenoxy) is 1. The van der Waals surface area contributed by atoms with Gasteiger partial charge < -0.3 is 15.0 Å². The van der Waals surface area contributed by atoms with Gasteiger partial charge in [-0.1, -0.05) is 18.2 Å². The molecule has 2 aromatic rings. The van der Waals surface area contributed by atoms with Crippen molar-refractivity contribution in [3.63, 3.8) is 0 Å². The fraction of sp³-hybridized carbons (Fsp3) is 0.519. The Hall–Kier alpha value is -2.96. The molecule has 0 bridgehead atoms. The summed E-state index contributed by atoms with van der Waals surface area (Å²) in [5.74, 6) is 0.200. The number of fused-ring (bicyclic) bond motifs is 1. The third-order valence-electron chi connectivity index (χ3n) is 6.80. The van der Waals surface area contributed by atoms with Gasteiger partial charge in [-0.2, -0.15) is 0 Å². The predicted octanol–water partition coefficient (Wildman–Crippen LogP) is 4.83. The molecule has 1 fully saturated rings. The normalized spacial score (nSPS) is 18.7. The molecule has 1 N–H and O–H groups in total. The quantitative estimate of drug-likeness (QED) is 0.535. The van der Waals surface area contributed by atoms with Crippen LogP contribution in [0.1, 0.15) is 68.3 Å². The van der Waals surface area contributed by atoms with Gasteiger partial charge in [-0.05, 0) is 81.2 Å². The van der Waals surface area contributed by atoms with Crippen molar-refractivity contribution >= 4 is 17.7 Å². The number of nitrogens with one attached hydrogen (secondary N) is 1. The van der Waals surface area contributed by atoms with Crippen LogP contribution >= 0.6 is 0 Å². The number of anilines is 1. The number of piperidine rings is 1. The van der Waals surface area contributed by atoms with E-state index in [4.69, 9.17) is 9.72 Å². The van der Waals surface area contributed by atoms with Crippen molar-refractivity contribution < 1.29 is 18.7 Å². The maximum atomic E-state index is 14.0. The third kappa shape index (κ3) is 5.93. The summed E-state index contributed by atoms with van der Waals surface area (Å²) in [6.45, 7) is 3.56. The van der Waals surface area contributed by atoms with E-state index in [1.165, 1.54) is 17.7 Å². The number of aromatic nitrogens is 1. The largest absolute Gasteiger partial charge is 0.466 e. The number of hydrogen-bond acceptors (Lipinski definition) is 5. The average molecular weight is 468 g/mol. The molecule has 2 aliphatic rings. The summed E-state index contributed by atoms with van der Waals surface area (Å²) in [6, 6.07) is 9.93. The summed E-state index contributed by atoms with van der Waals surface area (Å²) in [4.78, 5) is 32.3. The molecule has 34 heavy (non-hydrogen) atoms. The van der Waals surface area contributed by atoms with Gasteiger partial charge in [0, 0.05) is 24.7 Å². The molecule has 0 spiro atoms. The fourth-order valence-electron chi connectivity index (χ4n) is 5.09. The number of esters is 1. The predicted molar refractivity (Wildman–Crippen MR) is 129 cm³/mol. The Kier molecular flexibility index (Phi) is 8.14. The molecule has 2 unspecified atom stereocenters. The van der Waals surface area contributed by atoms with Crippen molar-refractivity contribution in [2.75, 3.05) is 25.0 Å².